The van der Waals surface area contributed by atoms with Crippen LogP contribution in [0.5, 0.6) is 5.75 Å². The summed E-state index contributed by atoms with van der Waals surface area (Å²) < 4.78 is 0. The van der Waals surface area contributed by atoms with Crippen LogP contribution in [0.2, 0.25) is 0 Å². The molecule has 0 saturated carbocycles. The Morgan fingerprint density at radius 2 is 2.10 bits per heavy atom. The molecule has 112 valence electrons. The number of phenolic OH excluding ortho intramolecular Hbond substituents is 1. The first kappa shape index (κ1) is 15.3. The van der Waals surface area contributed by atoms with Gasteiger partial charge in [0.25, 0.3) is 0 Å². The van der Waals surface area contributed by atoms with Crippen LogP contribution in [0.1, 0.15) is 38.7 Å². The van der Waals surface area contributed by atoms with E-state index in [1.54, 1.807) is 12.1 Å². The molecule has 0 radical (unpaired) electrons. The molecule has 2 rings (SSSR count). The average Bonchev–Trinajstić information content (AvgIpc) is 2.92. The summed E-state index contributed by atoms with van der Waals surface area (Å²) in [7, 11) is 0. The van der Waals surface area contributed by atoms with Crippen LogP contribution in [-0.4, -0.2) is 41.7 Å². The number of nitrogens with one attached hydrogen (secondary N) is 1. The molecule has 1 aliphatic heterocycles. The number of hydrogen-bond acceptors (Lipinski definition) is 3. The van der Waals surface area contributed by atoms with E-state index in [4.69, 9.17) is 0 Å². The molecule has 3 nitrogen and oxygen atoms in total. The monoisotopic (exact) mass is 276 g/mol. The van der Waals surface area contributed by atoms with Gasteiger partial charge in [0.1, 0.15) is 5.75 Å². The number of nitrogens with zero attached hydrogens (tertiary/aromatic N) is 1. The Morgan fingerprint density at radius 3 is 2.80 bits per heavy atom. The molecule has 1 fully saturated rings. The highest BCUT2D eigenvalue weighted by Gasteiger charge is 2.22. The Kier molecular flexibility index (Phi) is 5.86. The van der Waals surface area contributed by atoms with Crippen LogP contribution >= 0.6 is 0 Å². The van der Waals surface area contributed by atoms with E-state index in [0.29, 0.717) is 11.8 Å². The van der Waals surface area contributed by atoms with Gasteiger partial charge in [0.15, 0.2) is 0 Å². The predicted octanol–water partition coefficient (Wildman–Crippen LogP) is 2.79. The third kappa shape index (κ3) is 4.50. The standard InChI is InChI=1S/C17H28N2O/c1-3-19-12-4-5-16(19)13-18-14(2)6-7-15-8-10-17(20)11-9-15/h8-11,14,16,18,20H,3-7,12-13H2,1-2H3/t14-,16+/m0/s1. The molecule has 0 aliphatic carbocycles. The average molecular weight is 276 g/mol. The summed E-state index contributed by atoms with van der Waals surface area (Å²) in [5.74, 6) is 0.348. The minimum Gasteiger partial charge on any atom is -0.508 e. The number of phenols is 1. The molecule has 2 N–H and O–H groups in total. The van der Waals surface area contributed by atoms with Crippen LogP contribution in [0, 0.1) is 0 Å². The smallest absolute Gasteiger partial charge is 0.115 e. The van der Waals surface area contributed by atoms with Crippen LogP contribution in [0.4, 0.5) is 0 Å². The Bertz CT molecular complexity index is 390. The van der Waals surface area contributed by atoms with Gasteiger partial charge in [-0.15, -0.1) is 0 Å². The molecule has 0 amide bonds. The van der Waals surface area contributed by atoms with Gasteiger partial charge in [-0.2, -0.15) is 0 Å². The van der Waals surface area contributed by atoms with Crippen molar-refractivity contribution in [3.63, 3.8) is 0 Å². The summed E-state index contributed by atoms with van der Waals surface area (Å²) in [6.45, 7) is 8.09. The molecule has 3 heteroatoms. The summed E-state index contributed by atoms with van der Waals surface area (Å²) in [5.41, 5.74) is 1.30. The minimum atomic E-state index is 0.348. The molecular formula is C17H28N2O. The summed E-state index contributed by atoms with van der Waals surface area (Å²) in [5, 5.41) is 13.0. The Balaban J connectivity index is 1.67. The van der Waals surface area contributed by atoms with Crippen molar-refractivity contribution in [1.82, 2.24) is 10.2 Å². The van der Waals surface area contributed by atoms with Crippen molar-refractivity contribution in [1.29, 1.82) is 0 Å². The maximum absolute atomic E-state index is 9.27. The first-order valence-corrected chi connectivity index (χ1v) is 7.94. The highest BCUT2D eigenvalue weighted by molar-refractivity contribution is 5.25. The SMILES string of the molecule is CCN1CCC[C@@H]1CN[C@@H](C)CCc1ccc(O)cc1. The molecule has 1 heterocycles. The molecule has 1 aliphatic rings. The van der Waals surface area contributed by atoms with Crippen molar-refractivity contribution < 1.29 is 5.11 Å². The third-order valence-electron chi connectivity index (χ3n) is 4.41. The number of aromatic hydroxyl groups is 1. The van der Waals surface area contributed by atoms with E-state index in [0.717, 1.165) is 25.4 Å². The lowest BCUT2D eigenvalue weighted by Gasteiger charge is -2.25. The molecule has 1 aromatic rings. The van der Waals surface area contributed by atoms with Crippen molar-refractivity contribution in [3.8, 4) is 5.75 Å². The minimum absolute atomic E-state index is 0.348. The maximum Gasteiger partial charge on any atom is 0.115 e. The number of likely N-dealkylation sites (N-methyl/N-ethyl adjacent to an activating group) is 1. The van der Waals surface area contributed by atoms with Crippen LogP contribution in [0.15, 0.2) is 24.3 Å². The van der Waals surface area contributed by atoms with E-state index in [-0.39, 0.29) is 0 Å². The second-order valence-electron chi connectivity index (χ2n) is 5.94. The van der Waals surface area contributed by atoms with E-state index >= 15 is 0 Å². The lowest BCUT2D eigenvalue weighted by atomic mass is 10.1. The fourth-order valence-corrected chi connectivity index (χ4v) is 3.03. The van der Waals surface area contributed by atoms with Gasteiger partial charge < -0.3 is 10.4 Å². The highest BCUT2D eigenvalue weighted by atomic mass is 16.3. The second-order valence-corrected chi connectivity index (χ2v) is 5.94. The third-order valence-corrected chi connectivity index (χ3v) is 4.41. The Hall–Kier alpha value is -1.06. The van der Waals surface area contributed by atoms with E-state index < -0.39 is 0 Å². The summed E-state index contributed by atoms with van der Waals surface area (Å²) in [6, 6.07) is 8.84. The molecule has 0 aromatic heterocycles. The zero-order chi connectivity index (χ0) is 14.4. The number of hydrogen-bond donors (Lipinski definition) is 2. The lowest BCUT2D eigenvalue weighted by molar-refractivity contribution is 0.254. The van der Waals surface area contributed by atoms with Crippen molar-refractivity contribution in [2.24, 2.45) is 0 Å². The van der Waals surface area contributed by atoms with E-state index in [1.807, 2.05) is 12.1 Å². The molecule has 2 atom stereocenters. The molecule has 0 unspecified atom stereocenters. The summed E-state index contributed by atoms with van der Waals surface area (Å²) in [4.78, 5) is 2.58. The highest BCUT2D eigenvalue weighted by Crippen LogP contribution is 2.16. The van der Waals surface area contributed by atoms with Gasteiger partial charge in [0.05, 0.1) is 0 Å². The summed E-state index contributed by atoms with van der Waals surface area (Å²) in [6.07, 6.45) is 4.90. The predicted molar refractivity (Wildman–Crippen MR) is 84.2 cm³/mol. The van der Waals surface area contributed by atoms with Crippen molar-refractivity contribution in [2.45, 2.75) is 51.6 Å². The van der Waals surface area contributed by atoms with Gasteiger partial charge in [-0.05, 0) is 63.4 Å². The number of likely N-dealkylation sites (tertiary alicyclic amines) is 1. The molecular weight excluding hydrogens is 248 g/mol. The molecule has 1 aromatic carbocycles. The second kappa shape index (κ2) is 7.65. The zero-order valence-corrected chi connectivity index (χ0v) is 12.8. The van der Waals surface area contributed by atoms with Gasteiger partial charge in [-0.1, -0.05) is 19.1 Å². The fraction of sp³-hybridized carbons (Fsp3) is 0.647. The van der Waals surface area contributed by atoms with Crippen LogP contribution in [0.25, 0.3) is 0 Å². The van der Waals surface area contributed by atoms with Crippen molar-refractivity contribution in [3.05, 3.63) is 29.8 Å². The zero-order valence-electron chi connectivity index (χ0n) is 12.8. The quantitative estimate of drug-likeness (QED) is 0.804. The molecule has 0 spiro atoms. The summed E-state index contributed by atoms with van der Waals surface area (Å²) >= 11 is 0. The van der Waals surface area contributed by atoms with Gasteiger partial charge in [-0.25, -0.2) is 0 Å². The molecule has 1 saturated heterocycles. The van der Waals surface area contributed by atoms with Gasteiger partial charge in [0, 0.05) is 18.6 Å². The van der Waals surface area contributed by atoms with Crippen molar-refractivity contribution in [2.75, 3.05) is 19.6 Å². The van der Waals surface area contributed by atoms with E-state index in [2.05, 4.69) is 24.1 Å². The van der Waals surface area contributed by atoms with Gasteiger partial charge in [-0.3, -0.25) is 4.90 Å². The first-order valence-electron chi connectivity index (χ1n) is 7.94. The number of benzene rings is 1. The van der Waals surface area contributed by atoms with Crippen molar-refractivity contribution >= 4 is 0 Å². The van der Waals surface area contributed by atoms with E-state index in [9.17, 15) is 5.11 Å². The largest absolute Gasteiger partial charge is 0.508 e. The lowest BCUT2D eigenvalue weighted by Crippen LogP contribution is -2.41. The number of rotatable bonds is 7. The normalized spacial score (nSPS) is 21.2. The molecule has 20 heavy (non-hydrogen) atoms. The van der Waals surface area contributed by atoms with Crippen LogP contribution < -0.4 is 5.32 Å². The van der Waals surface area contributed by atoms with Crippen LogP contribution in [-0.2, 0) is 6.42 Å². The maximum atomic E-state index is 9.27. The number of aryl methyl sites for hydroxylation is 1. The fourth-order valence-electron chi connectivity index (χ4n) is 3.03. The van der Waals surface area contributed by atoms with Crippen LogP contribution in [0.3, 0.4) is 0 Å². The molecule has 0 bridgehead atoms. The Morgan fingerprint density at radius 1 is 1.35 bits per heavy atom. The van der Waals surface area contributed by atoms with Gasteiger partial charge in [0.2, 0.25) is 0 Å². The Labute approximate surface area is 123 Å². The first-order chi connectivity index (χ1) is 9.69. The topological polar surface area (TPSA) is 35.5 Å². The van der Waals surface area contributed by atoms with Gasteiger partial charge >= 0.3 is 0 Å². The van der Waals surface area contributed by atoms with E-state index in [1.165, 1.54) is 31.5 Å².